The van der Waals surface area contributed by atoms with E-state index < -0.39 is 0 Å². The summed E-state index contributed by atoms with van der Waals surface area (Å²) in [5, 5.41) is 2.08. The number of benzene rings is 1. The molecule has 2 aliphatic heterocycles. The van der Waals surface area contributed by atoms with Gasteiger partial charge in [-0.2, -0.15) is 0 Å². The summed E-state index contributed by atoms with van der Waals surface area (Å²) >= 11 is 1.72. The number of nitrogens with zero attached hydrogens (tertiary/aromatic N) is 3. The fourth-order valence-corrected chi connectivity index (χ4v) is 5.68. The van der Waals surface area contributed by atoms with E-state index in [4.69, 9.17) is 14.5 Å². The van der Waals surface area contributed by atoms with Crippen molar-refractivity contribution in [1.29, 1.82) is 0 Å². The Morgan fingerprint density at radius 2 is 2.00 bits per heavy atom. The van der Waals surface area contributed by atoms with Crippen LogP contribution in [0.5, 0.6) is 11.5 Å². The molecule has 0 unspecified atom stereocenters. The maximum Gasteiger partial charge on any atom is 0.231 e. The van der Waals surface area contributed by atoms with Gasteiger partial charge in [-0.15, -0.1) is 11.3 Å². The number of rotatable bonds is 4. The SMILES string of the molecule is O=C1C[C@H](c2cccs2)Cc2nc(N3CC[NH+](Cc4ccc5c(c4)OCO5)CC3)ncc21. The standard InChI is InChI=1S/C24H24N4O3S/c29-20-12-17(23-2-1-9-32-23)11-19-18(20)13-25-24(26-19)28-7-5-27(6-8-28)14-16-3-4-21-22(10-16)31-15-30-21/h1-4,9-10,13,17H,5-8,11-12,14-15H2/p+1/t17-/m1/s1. The molecule has 3 aliphatic rings. The summed E-state index contributed by atoms with van der Waals surface area (Å²) < 4.78 is 10.9. The molecule has 6 rings (SSSR count). The second-order valence-corrected chi connectivity index (χ2v) is 9.65. The number of hydrogen-bond donors (Lipinski definition) is 1. The second kappa shape index (κ2) is 8.18. The van der Waals surface area contributed by atoms with Crippen LogP contribution in [0.15, 0.2) is 41.9 Å². The highest BCUT2D eigenvalue weighted by atomic mass is 32.1. The van der Waals surface area contributed by atoms with Crippen molar-refractivity contribution in [2.75, 3.05) is 37.9 Å². The Kier molecular flexibility index (Phi) is 5.04. The Morgan fingerprint density at radius 3 is 2.84 bits per heavy atom. The van der Waals surface area contributed by atoms with E-state index in [0.717, 1.165) is 62.3 Å². The Labute approximate surface area is 190 Å². The van der Waals surface area contributed by atoms with Gasteiger partial charge in [0.1, 0.15) is 6.54 Å². The van der Waals surface area contributed by atoms with Gasteiger partial charge in [0.2, 0.25) is 12.7 Å². The summed E-state index contributed by atoms with van der Waals surface area (Å²) in [5.74, 6) is 2.83. The molecule has 8 heteroatoms. The van der Waals surface area contributed by atoms with Crippen molar-refractivity contribution in [1.82, 2.24) is 9.97 Å². The van der Waals surface area contributed by atoms with E-state index in [-0.39, 0.29) is 11.7 Å². The lowest BCUT2D eigenvalue weighted by Crippen LogP contribution is -3.13. The van der Waals surface area contributed by atoms with E-state index in [1.165, 1.54) is 15.3 Å². The molecule has 0 radical (unpaired) electrons. The average Bonchev–Trinajstić information content (AvgIpc) is 3.51. The number of hydrogen-bond acceptors (Lipinski definition) is 7. The van der Waals surface area contributed by atoms with Gasteiger partial charge in [-0.1, -0.05) is 6.07 Å². The molecule has 0 bridgehead atoms. The summed E-state index contributed by atoms with van der Waals surface area (Å²) in [6, 6.07) is 10.4. The van der Waals surface area contributed by atoms with Crippen molar-refractivity contribution in [3.05, 3.63) is 63.6 Å². The molecule has 0 spiro atoms. The Hall–Kier alpha value is -2.97. The molecule has 1 N–H and O–H groups in total. The van der Waals surface area contributed by atoms with Gasteiger partial charge in [0.05, 0.1) is 37.4 Å². The maximum absolute atomic E-state index is 12.7. The number of thiophene rings is 1. The molecule has 2 aromatic heterocycles. The van der Waals surface area contributed by atoms with Crippen LogP contribution in [-0.2, 0) is 13.0 Å². The lowest BCUT2D eigenvalue weighted by molar-refractivity contribution is -0.914. The number of nitrogens with one attached hydrogen (secondary N) is 1. The lowest BCUT2D eigenvalue weighted by atomic mass is 9.86. The second-order valence-electron chi connectivity index (χ2n) is 8.68. The highest BCUT2D eigenvalue weighted by Gasteiger charge is 2.30. The van der Waals surface area contributed by atoms with Crippen LogP contribution in [0.4, 0.5) is 5.95 Å². The van der Waals surface area contributed by atoms with Crippen LogP contribution in [0, 0.1) is 0 Å². The first kappa shape index (κ1) is 19.7. The van der Waals surface area contributed by atoms with Crippen molar-refractivity contribution in [2.24, 2.45) is 0 Å². The van der Waals surface area contributed by atoms with Crippen LogP contribution in [0.2, 0.25) is 0 Å². The molecule has 1 fully saturated rings. The van der Waals surface area contributed by atoms with Gasteiger partial charge in [0, 0.05) is 29.0 Å². The minimum Gasteiger partial charge on any atom is -0.454 e. The number of quaternary nitrogens is 1. The zero-order valence-corrected chi connectivity index (χ0v) is 18.6. The number of carbonyl (C=O) groups is 1. The third kappa shape index (κ3) is 3.73. The minimum atomic E-state index is 0.161. The molecule has 1 saturated heterocycles. The molecular weight excluding hydrogens is 424 g/mol. The molecule has 0 saturated carbocycles. The first-order valence-corrected chi connectivity index (χ1v) is 12.0. The predicted molar refractivity (Wildman–Crippen MR) is 121 cm³/mol. The molecule has 0 amide bonds. The van der Waals surface area contributed by atoms with Crippen LogP contribution < -0.4 is 19.3 Å². The van der Waals surface area contributed by atoms with Crippen LogP contribution in [0.3, 0.4) is 0 Å². The van der Waals surface area contributed by atoms with Crippen molar-refractivity contribution < 1.29 is 19.2 Å². The largest absolute Gasteiger partial charge is 0.454 e. The zero-order chi connectivity index (χ0) is 21.5. The molecule has 3 aromatic rings. The summed E-state index contributed by atoms with van der Waals surface area (Å²) in [6.07, 6.45) is 3.11. The number of piperazine rings is 1. The number of Topliss-reactive ketones (excluding diaryl/α,β-unsaturated/α-hetero) is 1. The van der Waals surface area contributed by atoms with Gasteiger partial charge in [0.15, 0.2) is 17.3 Å². The molecule has 1 aromatic carbocycles. The highest BCUT2D eigenvalue weighted by Crippen LogP contribution is 2.34. The third-order valence-electron chi connectivity index (χ3n) is 6.62. The van der Waals surface area contributed by atoms with Crippen LogP contribution in [0.1, 0.15) is 38.8 Å². The number of ketones is 1. The van der Waals surface area contributed by atoms with Crippen molar-refractivity contribution >= 4 is 23.1 Å². The highest BCUT2D eigenvalue weighted by molar-refractivity contribution is 7.10. The molecular formula is C24H25N4O3S+. The van der Waals surface area contributed by atoms with Gasteiger partial charge in [-0.3, -0.25) is 4.79 Å². The number of ether oxygens (including phenoxy) is 2. The number of fused-ring (bicyclic) bond motifs is 2. The predicted octanol–water partition coefficient (Wildman–Crippen LogP) is 2.08. The Bertz CT molecular complexity index is 1140. The molecule has 32 heavy (non-hydrogen) atoms. The molecule has 1 aliphatic carbocycles. The van der Waals surface area contributed by atoms with Gasteiger partial charge in [0.25, 0.3) is 0 Å². The van der Waals surface area contributed by atoms with Crippen LogP contribution >= 0.6 is 11.3 Å². The van der Waals surface area contributed by atoms with Gasteiger partial charge in [-0.25, -0.2) is 9.97 Å². The smallest absolute Gasteiger partial charge is 0.231 e. The normalized spacial score (nSPS) is 20.4. The first-order chi connectivity index (χ1) is 15.7. The van der Waals surface area contributed by atoms with Gasteiger partial charge >= 0.3 is 0 Å². The third-order valence-corrected chi connectivity index (χ3v) is 7.65. The summed E-state index contributed by atoms with van der Waals surface area (Å²) in [7, 11) is 0. The van der Waals surface area contributed by atoms with E-state index >= 15 is 0 Å². The van der Waals surface area contributed by atoms with E-state index in [1.54, 1.807) is 17.5 Å². The first-order valence-electron chi connectivity index (χ1n) is 11.1. The van der Waals surface area contributed by atoms with E-state index in [9.17, 15) is 4.79 Å². The van der Waals surface area contributed by atoms with E-state index in [0.29, 0.717) is 18.8 Å². The number of anilines is 1. The molecule has 7 nitrogen and oxygen atoms in total. The zero-order valence-electron chi connectivity index (χ0n) is 17.8. The topological polar surface area (TPSA) is 69.0 Å². The molecule has 164 valence electrons. The fraction of sp³-hybridized carbons (Fsp3) is 0.375. The van der Waals surface area contributed by atoms with Crippen molar-refractivity contribution in [3.8, 4) is 11.5 Å². The maximum atomic E-state index is 12.7. The monoisotopic (exact) mass is 449 g/mol. The summed E-state index contributed by atoms with van der Waals surface area (Å²) in [5.41, 5.74) is 2.87. The van der Waals surface area contributed by atoms with E-state index in [2.05, 4.69) is 39.5 Å². The van der Waals surface area contributed by atoms with Crippen molar-refractivity contribution in [3.63, 3.8) is 0 Å². The molecule has 1 atom stereocenters. The minimum absolute atomic E-state index is 0.161. The summed E-state index contributed by atoms with van der Waals surface area (Å²) in [6.45, 7) is 5.12. The van der Waals surface area contributed by atoms with Crippen LogP contribution in [0.25, 0.3) is 0 Å². The van der Waals surface area contributed by atoms with Gasteiger partial charge < -0.3 is 19.3 Å². The summed E-state index contributed by atoms with van der Waals surface area (Å²) in [4.78, 5) is 27.1. The average molecular weight is 450 g/mol. The molecule has 4 heterocycles. The van der Waals surface area contributed by atoms with Crippen LogP contribution in [-0.4, -0.2) is 48.7 Å². The fourth-order valence-electron chi connectivity index (χ4n) is 4.85. The number of carbonyl (C=O) groups excluding carboxylic acids is 1. The Morgan fingerprint density at radius 1 is 1.12 bits per heavy atom. The van der Waals surface area contributed by atoms with Crippen molar-refractivity contribution in [2.45, 2.75) is 25.3 Å². The quantitative estimate of drug-likeness (QED) is 0.658. The van der Waals surface area contributed by atoms with E-state index in [1.807, 2.05) is 6.07 Å². The Balaban J connectivity index is 1.12. The van der Waals surface area contributed by atoms with Gasteiger partial charge in [-0.05, 0) is 36.1 Å². The lowest BCUT2D eigenvalue weighted by Gasteiger charge is -2.33. The number of aromatic nitrogens is 2.